The Balaban J connectivity index is 3.10. The standard InChI is InChI=1S/C28H54N2O13/c1-28(2,3)43-27(32)30-5-7-34-9-11-36-13-15-38-17-19-40-21-23-42-25-24-41-22-20-39-18-16-37-14-12-35-10-8-33-6-4-29-26-31/h4-25H2,1-3H3,(H,30,32). The van der Waals surface area contributed by atoms with Gasteiger partial charge in [0.25, 0.3) is 0 Å². The number of aliphatic imine (C=N–C) groups is 1. The van der Waals surface area contributed by atoms with Crippen LogP contribution in [-0.4, -0.2) is 163 Å². The summed E-state index contributed by atoms with van der Waals surface area (Å²) in [6.45, 7) is 15.5. The average molecular weight is 627 g/mol. The summed E-state index contributed by atoms with van der Waals surface area (Å²) in [6.07, 6.45) is 0.998. The molecule has 0 saturated carbocycles. The van der Waals surface area contributed by atoms with Crippen LogP contribution in [0.4, 0.5) is 4.79 Å². The third-order valence-corrected chi connectivity index (χ3v) is 4.67. The smallest absolute Gasteiger partial charge is 0.407 e. The highest BCUT2D eigenvalue weighted by atomic mass is 16.6. The van der Waals surface area contributed by atoms with Crippen molar-refractivity contribution in [2.24, 2.45) is 4.99 Å². The van der Waals surface area contributed by atoms with Gasteiger partial charge in [0.2, 0.25) is 6.08 Å². The summed E-state index contributed by atoms with van der Waals surface area (Å²) in [7, 11) is 0. The van der Waals surface area contributed by atoms with Gasteiger partial charge in [-0.3, -0.25) is 0 Å². The molecule has 0 aliphatic heterocycles. The molecule has 0 aliphatic rings. The van der Waals surface area contributed by atoms with Crippen molar-refractivity contribution in [1.82, 2.24) is 5.32 Å². The van der Waals surface area contributed by atoms with E-state index in [1.165, 1.54) is 6.08 Å². The van der Waals surface area contributed by atoms with Crippen LogP contribution >= 0.6 is 0 Å². The number of ether oxygens (including phenoxy) is 11. The van der Waals surface area contributed by atoms with Crippen LogP contribution in [0.3, 0.4) is 0 Å². The molecule has 43 heavy (non-hydrogen) atoms. The minimum absolute atomic E-state index is 0.318. The Kier molecular flexibility index (Phi) is 31.8. The van der Waals surface area contributed by atoms with Gasteiger partial charge in [-0.1, -0.05) is 0 Å². The molecular formula is C28H54N2O13. The van der Waals surface area contributed by atoms with E-state index in [0.717, 1.165) is 0 Å². The third kappa shape index (κ3) is 38.2. The number of nitrogens with zero attached hydrogens (tertiary/aromatic N) is 1. The first-order chi connectivity index (χ1) is 21.0. The first-order valence-electron chi connectivity index (χ1n) is 14.7. The second-order valence-corrected chi connectivity index (χ2v) is 9.53. The molecule has 0 bridgehead atoms. The number of carbonyl (C=O) groups excluding carboxylic acids is 2. The predicted octanol–water partition coefficient (Wildman–Crippen LogP) is 1.01. The number of hydrogen-bond acceptors (Lipinski definition) is 14. The van der Waals surface area contributed by atoms with E-state index in [1.54, 1.807) is 0 Å². The molecule has 0 aliphatic carbocycles. The molecule has 0 heterocycles. The summed E-state index contributed by atoms with van der Waals surface area (Å²) >= 11 is 0. The Bertz CT molecular complexity index is 647. The molecule has 0 rings (SSSR count). The van der Waals surface area contributed by atoms with Gasteiger partial charge < -0.3 is 57.4 Å². The van der Waals surface area contributed by atoms with Crippen LogP contribution in [0, 0.1) is 0 Å². The molecule has 15 nitrogen and oxygen atoms in total. The zero-order chi connectivity index (χ0) is 31.5. The molecular weight excluding hydrogens is 572 g/mol. The maximum atomic E-state index is 11.5. The van der Waals surface area contributed by atoms with Crippen molar-refractivity contribution in [3.8, 4) is 0 Å². The molecule has 0 aromatic carbocycles. The van der Waals surface area contributed by atoms with Gasteiger partial charge in [-0.25, -0.2) is 14.6 Å². The molecule has 0 aromatic rings. The molecule has 0 aromatic heterocycles. The molecule has 0 saturated heterocycles. The first-order valence-corrected chi connectivity index (χ1v) is 14.7. The van der Waals surface area contributed by atoms with Crippen molar-refractivity contribution < 1.29 is 61.7 Å². The van der Waals surface area contributed by atoms with Crippen molar-refractivity contribution in [2.75, 3.05) is 145 Å². The lowest BCUT2D eigenvalue weighted by Crippen LogP contribution is -2.34. The second-order valence-electron chi connectivity index (χ2n) is 9.53. The molecule has 254 valence electrons. The zero-order valence-electron chi connectivity index (χ0n) is 26.3. The van der Waals surface area contributed by atoms with Crippen molar-refractivity contribution in [2.45, 2.75) is 26.4 Å². The summed E-state index contributed by atoms with van der Waals surface area (Å²) < 4.78 is 59.1. The van der Waals surface area contributed by atoms with Crippen LogP contribution in [0.2, 0.25) is 0 Å². The maximum Gasteiger partial charge on any atom is 0.407 e. The Morgan fingerprint density at radius 2 is 0.791 bits per heavy atom. The van der Waals surface area contributed by atoms with Gasteiger partial charge in [0.15, 0.2) is 0 Å². The molecule has 15 heteroatoms. The second kappa shape index (κ2) is 33.1. The number of nitrogens with one attached hydrogen (secondary N) is 1. The van der Waals surface area contributed by atoms with Crippen molar-refractivity contribution in [1.29, 1.82) is 0 Å². The van der Waals surface area contributed by atoms with Gasteiger partial charge in [-0.15, -0.1) is 0 Å². The largest absolute Gasteiger partial charge is 0.444 e. The van der Waals surface area contributed by atoms with Gasteiger partial charge in [0, 0.05) is 6.54 Å². The highest BCUT2D eigenvalue weighted by molar-refractivity contribution is 5.67. The average Bonchev–Trinajstić information content (AvgIpc) is 2.96. The van der Waals surface area contributed by atoms with Gasteiger partial charge in [-0.2, -0.15) is 0 Å². The SMILES string of the molecule is CC(C)(C)OC(=O)NCCOCCOCCOCCOCCOCCOCCOCCOCCOCCOCCN=C=O. The Hall–Kier alpha value is -1.75. The summed E-state index contributed by atoms with van der Waals surface area (Å²) in [6, 6.07) is 0. The number of carbonyl (C=O) groups is 1. The van der Waals surface area contributed by atoms with Crippen LogP contribution < -0.4 is 5.32 Å². The van der Waals surface area contributed by atoms with E-state index in [0.29, 0.717) is 145 Å². The quantitative estimate of drug-likeness (QED) is 0.0625. The summed E-state index contributed by atoms with van der Waals surface area (Å²) in [5.74, 6) is 0. The van der Waals surface area contributed by atoms with E-state index in [9.17, 15) is 9.59 Å². The first kappa shape index (κ1) is 41.2. The fourth-order valence-corrected chi connectivity index (χ4v) is 2.78. The Morgan fingerprint density at radius 1 is 0.512 bits per heavy atom. The molecule has 0 radical (unpaired) electrons. The van der Waals surface area contributed by atoms with Crippen molar-refractivity contribution >= 4 is 12.2 Å². The highest BCUT2D eigenvalue weighted by Gasteiger charge is 2.15. The number of isocyanates is 1. The van der Waals surface area contributed by atoms with Crippen LogP contribution in [0.1, 0.15) is 20.8 Å². The number of hydrogen-bond donors (Lipinski definition) is 1. The zero-order valence-corrected chi connectivity index (χ0v) is 26.3. The van der Waals surface area contributed by atoms with Gasteiger partial charge >= 0.3 is 6.09 Å². The summed E-state index contributed by atoms with van der Waals surface area (Å²) in [5.41, 5.74) is -0.513. The maximum absolute atomic E-state index is 11.5. The summed E-state index contributed by atoms with van der Waals surface area (Å²) in [4.78, 5) is 24.7. The minimum Gasteiger partial charge on any atom is -0.444 e. The van der Waals surface area contributed by atoms with Crippen molar-refractivity contribution in [3.05, 3.63) is 0 Å². The fourth-order valence-electron chi connectivity index (χ4n) is 2.78. The lowest BCUT2D eigenvalue weighted by molar-refractivity contribution is -0.0263. The van der Waals surface area contributed by atoms with E-state index < -0.39 is 11.7 Å². The minimum atomic E-state index is -0.513. The number of amides is 1. The lowest BCUT2D eigenvalue weighted by Gasteiger charge is -2.19. The normalized spacial score (nSPS) is 11.4. The fraction of sp³-hybridized carbons (Fsp3) is 0.929. The lowest BCUT2D eigenvalue weighted by atomic mass is 10.2. The molecule has 1 amide bonds. The molecule has 0 atom stereocenters. The van der Waals surface area contributed by atoms with Gasteiger partial charge in [0.1, 0.15) is 5.60 Å². The molecule has 0 unspecified atom stereocenters. The highest BCUT2D eigenvalue weighted by Crippen LogP contribution is 2.06. The topological polar surface area (TPSA) is 160 Å². The number of rotatable bonds is 33. The monoisotopic (exact) mass is 626 g/mol. The van der Waals surface area contributed by atoms with Crippen LogP contribution in [-0.2, 0) is 56.9 Å². The van der Waals surface area contributed by atoms with E-state index in [-0.39, 0.29) is 0 Å². The van der Waals surface area contributed by atoms with Gasteiger partial charge in [0.05, 0.1) is 139 Å². The van der Waals surface area contributed by atoms with E-state index in [4.69, 9.17) is 52.1 Å². The molecule has 0 fully saturated rings. The third-order valence-electron chi connectivity index (χ3n) is 4.67. The summed E-state index contributed by atoms with van der Waals surface area (Å²) in [5, 5.41) is 2.62. The van der Waals surface area contributed by atoms with Crippen molar-refractivity contribution in [3.63, 3.8) is 0 Å². The van der Waals surface area contributed by atoms with Crippen LogP contribution in [0.25, 0.3) is 0 Å². The van der Waals surface area contributed by atoms with Gasteiger partial charge in [-0.05, 0) is 20.8 Å². The molecule has 0 spiro atoms. The molecule has 1 N–H and O–H groups in total. The van der Waals surface area contributed by atoms with Crippen LogP contribution in [0.15, 0.2) is 4.99 Å². The predicted molar refractivity (Wildman–Crippen MR) is 155 cm³/mol. The number of alkyl carbamates (subject to hydrolysis) is 1. The van der Waals surface area contributed by atoms with E-state index in [1.807, 2.05) is 20.8 Å². The van der Waals surface area contributed by atoms with E-state index >= 15 is 0 Å². The van der Waals surface area contributed by atoms with Crippen LogP contribution in [0.5, 0.6) is 0 Å². The van der Waals surface area contributed by atoms with E-state index in [2.05, 4.69) is 10.3 Å². The Labute approximate surface area is 256 Å². The Morgan fingerprint density at radius 3 is 1.07 bits per heavy atom.